The predicted molar refractivity (Wildman–Crippen MR) is 129 cm³/mol. The van der Waals surface area contributed by atoms with Gasteiger partial charge in [-0.1, -0.05) is 58.4 Å². The third-order valence-corrected chi connectivity index (χ3v) is 10.1. The van der Waals surface area contributed by atoms with Crippen molar-refractivity contribution in [1.82, 2.24) is 0 Å². The number of hydrogen-bond acceptors (Lipinski definition) is 2. The average Bonchev–Trinajstić information content (AvgIpc) is 3.05. The van der Waals surface area contributed by atoms with E-state index in [1.165, 1.54) is 44.9 Å². The first kappa shape index (κ1) is 23.1. The van der Waals surface area contributed by atoms with Gasteiger partial charge in [-0.25, -0.2) is 0 Å². The molecule has 2 heteroatoms. The normalized spacial score (nSPS) is 43.2. The first-order chi connectivity index (χ1) is 14.6. The van der Waals surface area contributed by atoms with Crippen molar-refractivity contribution in [2.24, 2.45) is 46.3 Å². The van der Waals surface area contributed by atoms with E-state index >= 15 is 0 Å². The maximum Gasteiger partial charge on any atom is 0.302 e. The Morgan fingerprint density at radius 2 is 1.90 bits per heavy atom. The van der Waals surface area contributed by atoms with Gasteiger partial charge >= 0.3 is 5.97 Å². The molecule has 31 heavy (non-hydrogen) atoms. The summed E-state index contributed by atoms with van der Waals surface area (Å²) in [7, 11) is 0. The summed E-state index contributed by atoms with van der Waals surface area (Å²) in [5, 5.41) is 0. The largest absolute Gasteiger partial charge is 0.462 e. The van der Waals surface area contributed by atoms with Crippen LogP contribution in [0, 0.1) is 46.3 Å². The van der Waals surface area contributed by atoms with Crippen LogP contribution in [0.1, 0.15) is 99.3 Å². The van der Waals surface area contributed by atoms with Gasteiger partial charge in [-0.05, 0) is 97.7 Å². The highest BCUT2D eigenvalue weighted by molar-refractivity contribution is 5.66. The molecule has 0 unspecified atom stereocenters. The Balaban J connectivity index is 1.50. The number of esters is 1. The van der Waals surface area contributed by atoms with Gasteiger partial charge in [0.1, 0.15) is 6.10 Å². The molecule has 3 saturated carbocycles. The second-order valence-electron chi connectivity index (χ2n) is 12.4. The van der Waals surface area contributed by atoms with Crippen LogP contribution in [0.25, 0.3) is 0 Å². The van der Waals surface area contributed by atoms with E-state index in [0.717, 1.165) is 42.4 Å². The van der Waals surface area contributed by atoms with Crippen LogP contribution < -0.4 is 0 Å². The molecule has 2 nitrogen and oxygen atoms in total. The fraction of sp³-hybridized carbons (Fsp3) is 0.828. The Hall–Kier alpha value is -1.05. The molecule has 3 fully saturated rings. The van der Waals surface area contributed by atoms with Gasteiger partial charge in [0.25, 0.3) is 0 Å². The molecular formula is C29H46O2. The van der Waals surface area contributed by atoms with E-state index in [-0.39, 0.29) is 12.1 Å². The summed E-state index contributed by atoms with van der Waals surface area (Å²) in [5.74, 6) is 4.76. The molecule has 4 rings (SSSR count). The number of allylic oxidation sites excluding steroid dienone is 3. The van der Waals surface area contributed by atoms with Crippen molar-refractivity contribution in [2.75, 3.05) is 0 Å². The van der Waals surface area contributed by atoms with Crippen molar-refractivity contribution in [1.29, 1.82) is 0 Å². The zero-order chi connectivity index (χ0) is 22.4. The van der Waals surface area contributed by atoms with Gasteiger partial charge in [0.05, 0.1) is 0 Å². The lowest BCUT2D eigenvalue weighted by molar-refractivity contribution is -0.148. The fourth-order valence-electron chi connectivity index (χ4n) is 8.57. The van der Waals surface area contributed by atoms with E-state index in [1.807, 2.05) is 0 Å². The van der Waals surface area contributed by atoms with Crippen molar-refractivity contribution in [3.8, 4) is 0 Å². The van der Waals surface area contributed by atoms with Crippen molar-refractivity contribution in [3.05, 3.63) is 23.8 Å². The molecule has 4 aliphatic carbocycles. The fourth-order valence-corrected chi connectivity index (χ4v) is 8.57. The monoisotopic (exact) mass is 426 g/mol. The lowest BCUT2D eigenvalue weighted by Crippen LogP contribution is -2.51. The van der Waals surface area contributed by atoms with Crippen molar-refractivity contribution >= 4 is 5.97 Å². The van der Waals surface area contributed by atoms with Crippen LogP contribution >= 0.6 is 0 Å². The molecule has 0 bridgehead atoms. The number of carbonyl (C=O) groups is 1. The maximum absolute atomic E-state index is 11.5. The van der Waals surface area contributed by atoms with E-state index in [0.29, 0.717) is 16.7 Å². The van der Waals surface area contributed by atoms with Crippen molar-refractivity contribution < 1.29 is 9.53 Å². The zero-order valence-electron chi connectivity index (χ0n) is 21.0. The van der Waals surface area contributed by atoms with E-state index in [9.17, 15) is 4.79 Å². The summed E-state index contributed by atoms with van der Waals surface area (Å²) in [6.07, 6.45) is 19.0. The SMILES string of the molecule is CC(=O)O[C@H]1CC[C@@]2(C)C(=CC[C@@H]3[C@H]4CC[C@@H]([C@@H](C)/C=C/CC(C)C)[C@@]4(C)CC[C@H]32)C1. The van der Waals surface area contributed by atoms with E-state index in [4.69, 9.17) is 4.74 Å². The lowest BCUT2D eigenvalue weighted by Gasteiger charge is -2.58. The highest BCUT2D eigenvalue weighted by Gasteiger charge is 2.59. The summed E-state index contributed by atoms with van der Waals surface area (Å²) in [4.78, 5) is 11.5. The van der Waals surface area contributed by atoms with E-state index in [1.54, 1.807) is 12.5 Å². The van der Waals surface area contributed by atoms with Gasteiger partial charge in [-0.3, -0.25) is 4.79 Å². The molecule has 0 amide bonds. The Morgan fingerprint density at radius 1 is 1.13 bits per heavy atom. The van der Waals surface area contributed by atoms with Crippen molar-refractivity contribution in [3.63, 3.8) is 0 Å². The molecule has 0 N–H and O–H groups in total. The topological polar surface area (TPSA) is 26.3 Å². The molecule has 8 atom stereocenters. The molecular weight excluding hydrogens is 380 g/mol. The molecule has 174 valence electrons. The zero-order valence-corrected chi connectivity index (χ0v) is 21.0. The summed E-state index contributed by atoms with van der Waals surface area (Å²) in [5.41, 5.74) is 2.45. The molecule has 0 heterocycles. The number of hydrogen-bond donors (Lipinski definition) is 0. The van der Waals surface area contributed by atoms with Gasteiger partial charge < -0.3 is 4.74 Å². The van der Waals surface area contributed by atoms with Crippen LogP contribution in [0.4, 0.5) is 0 Å². The van der Waals surface area contributed by atoms with Gasteiger partial charge in [-0.15, -0.1) is 0 Å². The van der Waals surface area contributed by atoms with E-state index < -0.39 is 0 Å². The third-order valence-electron chi connectivity index (χ3n) is 10.1. The number of fused-ring (bicyclic) bond motifs is 5. The highest BCUT2D eigenvalue weighted by Crippen LogP contribution is 2.67. The molecule has 0 aromatic carbocycles. The standard InChI is InChI=1S/C29H46O2/c1-19(2)8-7-9-20(3)25-12-13-26-24-11-10-22-18-23(31-21(4)30)14-16-28(22,5)27(24)15-17-29(25,26)6/h7,9-10,19-20,23-27H,8,11-18H2,1-6H3/b9-7+/t20-,23-,24+,25-,26+,27+,28-,29+/m0/s1. The summed E-state index contributed by atoms with van der Waals surface area (Å²) >= 11 is 0. The van der Waals surface area contributed by atoms with Gasteiger partial charge in [0.15, 0.2) is 0 Å². The minimum atomic E-state index is -0.120. The molecule has 0 aliphatic heterocycles. The minimum absolute atomic E-state index is 0.108. The summed E-state index contributed by atoms with van der Waals surface area (Å²) < 4.78 is 5.61. The quantitative estimate of drug-likeness (QED) is 0.332. The lowest BCUT2D eigenvalue weighted by atomic mass is 9.47. The Labute approximate surface area is 191 Å². The van der Waals surface area contributed by atoms with Crippen LogP contribution in [0.15, 0.2) is 23.8 Å². The molecule has 0 spiro atoms. The summed E-state index contributed by atoms with van der Waals surface area (Å²) in [6.45, 7) is 13.9. The number of carbonyl (C=O) groups excluding carboxylic acids is 1. The van der Waals surface area contributed by atoms with Crippen LogP contribution in [0.3, 0.4) is 0 Å². The molecule has 0 saturated heterocycles. The van der Waals surface area contributed by atoms with Crippen LogP contribution in [0.5, 0.6) is 0 Å². The third kappa shape index (κ3) is 4.18. The minimum Gasteiger partial charge on any atom is -0.462 e. The summed E-state index contributed by atoms with van der Waals surface area (Å²) in [6, 6.07) is 0. The Morgan fingerprint density at radius 3 is 2.61 bits per heavy atom. The molecule has 0 aromatic rings. The first-order valence-electron chi connectivity index (χ1n) is 13.2. The first-order valence-corrected chi connectivity index (χ1v) is 13.2. The molecule has 0 aromatic heterocycles. The van der Waals surface area contributed by atoms with Crippen LogP contribution in [0.2, 0.25) is 0 Å². The Kier molecular flexibility index (Phi) is 6.50. The highest BCUT2D eigenvalue weighted by atomic mass is 16.5. The van der Waals surface area contributed by atoms with Gasteiger partial charge in [0.2, 0.25) is 0 Å². The van der Waals surface area contributed by atoms with E-state index in [2.05, 4.69) is 52.8 Å². The smallest absolute Gasteiger partial charge is 0.302 e. The van der Waals surface area contributed by atoms with Crippen molar-refractivity contribution in [2.45, 2.75) is 105 Å². The average molecular weight is 427 g/mol. The molecule has 0 radical (unpaired) electrons. The predicted octanol–water partition coefficient (Wildman–Crippen LogP) is 7.74. The van der Waals surface area contributed by atoms with Crippen LogP contribution in [-0.4, -0.2) is 12.1 Å². The van der Waals surface area contributed by atoms with Crippen LogP contribution in [-0.2, 0) is 9.53 Å². The molecule has 4 aliphatic rings. The maximum atomic E-state index is 11.5. The number of rotatable bonds is 5. The van der Waals surface area contributed by atoms with Gasteiger partial charge in [0, 0.05) is 13.3 Å². The second kappa shape index (κ2) is 8.71. The number of ether oxygens (including phenoxy) is 1. The second-order valence-corrected chi connectivity index (χ2v) is 12.4. The Bertz CT molecular complexity index is 733. The van der Waals surface area contributed by atoms with Gasteiger partial charge in [-0.2, -0.15) is 0 Å².